The van der Waals surface area contributed by atoms with Crippen LogP contribution in [0, 0.1) is 6.92 Å². The van der Waals surface area contributed by atoms with Crippen molar-refractivity contribution in [2.75, 3.05) is 29.7 Å². The summed E-state index contributed by atoms with van der Waals surface area (Å²) in [5.41, 5.74) is 6.89. The van der Waals surface area contributed by atoms with Crippen LogP contribution < -0.4 is 34.9 Å². The van der Waals surface area contributed by atoms with Gasteiger partial charge in [0.05, 0.1) is 19.9 Å². The molecule has 0 saturated heterocycles. The number of carbonyl (C=O) groups is 2. The summed E-state index contributed by atoms with van der Waals surface area (Å²) in [5, 5.41) is 2.70. The molecule has 184 valence electrons. The molecule has 1 heterocycles. The molecule has 11 nitrogen and oxygen atoms in total. The summed E-state index contributed by atoms with van der Waals surface area (Å²) < 4.78 is 41.2. The van der Waals surface area contributed by atoms with Gasteiger partial charge in [-0.25, -0.2) is 8.42 Å². The predicted molar refractivity (Wildman–Crippen MR) is 130 cm³/mol. The number of aromatic nitrogens is 1. The first kappa shape index (κ1) is 25.3. The average molecular weight is 501 g/mol. The quantitative estimate of drug-likeness (QED) is 0.179. The second kappa shape index (κ2) is 11.2. The van der Waals surface area contributed by atoms with Crippen molar-refractivity contribution in [2.24, 2.45) is 0 Å². The molecule has 1 aromatic heterocycles. The molecule has 3 aromatic rings. The first-order valence-corrected chi connectivity index (χ1v) is 11.8. The highest BCUT2D eigenvalue weighted by atomic mass is 32.2. The molecule has 2 aromatic carbocycles. The van der Waals surface area contributed by atoms with E-state index in [-0.39, 0.29) is 34.3 Å². The molecule has 0 aliphatic carbocycles. The van der Waals surface area contributed by atoms with Crippen LogP contribution in [0.4, 0.5) is 17.1 Å². The van der Waals surface area contributed by atoms with Crippen LogP contribution in [0.3, 0.4) is 0 Å². The zero-order chi connectivity index (χ0) is 25.4. The number of aryl methyl sites for hydroxylation is 1. The fourth-order valence-electron chi connectivity index (χ4n) is 3.17. The molecule has 0 bridgehead atoms. The summed E-state index contributed by atoms with van der Waals surface area (Å²) in [7, 11) is -1.40. The first-order valence-electron chi connectivity index (χ1n) is 10.4. The molecule has 0 radical (unpaired) electrons. The van der Waals surface area contributed by atoms with Gasteiger partial charge in [-0.15, -0.1) is 0 Å². The Balaban J connectivity index is 1.87. The number of carbonyl (C=O) groups excluding carboxylic acids is 2. The summed E-state index contributed by atoms with van der Waals surface area (Å²) in [6, 6.07) is 12.7. The van der Waals surface area contributed by atoms with Gasteiger partial charge in [0.1, 0.15) is 16.3 Å². The Morgan fingerprint density at radius 3 is 2.23 bits per heavy atom. The Morgan fingerprint density at radius 2 is 1.63 bits per heavy atom. The Kier molecular flexibility index (Phi) is 8.10. The van der Waals surface area contributed by atoms with Gasteiger partial charge in [0.2, 0.25) is 13.0 Å². The van der Waals surface area contributed by atoms with Crippen LogP contribution in [0.5, 0.6) is 11.5 Å². The lowest BCUT2D eigenvalue weighted by Gasteiger charge is -2.18. The van der Waals surface area contributed by atoms with Gasteiger partial charge >= 0.3 is 0 Å². The standard InChI is InChI=1S/C23H25N5O6S/c1-16-10-12-28(13-11-16)14-21(30)25-22-19(33-2)8-9-20(23(22)34-3)35(31,32)27-18-6-4-17(5-7-18)26-24-15-29/h4-13,15,26-27H,14H2,1-3H3,(H-,24,25,29,30)/p+1. The zero-order valence-corrected chi connectivity index (χ0v) is 20.2. The minimum Gasteiger partial charge on any atom is -0.494 e. The van der Waals surface area contributed by atoms with Gasteiger partial charge in [0, 0.05) is 17.8 Å². The lowest BCUT2D eigenvalue weighted by atomic mass is 10.2. The van der Waals surface area contributed by atoms with Crippen LogP contribution in [-0.2, 0) is 26.2 Å². The maximum atomic E-state index is 13.2. The highest BCUT2D eigenvalue weighted by Crippen LogP contribution is 2.40. The number of nitrogens with one attached hydrogen (secondary N) is 4. The molecule has 3 rings (SSSR count). The van der Waals surface area contributed by atoms with Crippen LogP contribution in [0.25, 0.3) is 0 Å². The van der Waals surface area contributed by atoms with Crippen LogP contribution in [0.2, 0.25) is 0 Å². The maximum absolute atomic E-state index is 13.2. The SMILES string of the molecule is COc1ccc(S(=O)(=O)Nc2ccc(NNC=O)cc2)c(OC)c1NC(=O)C[n+]1ccc(C)cc1. The van der Waals surface area contributed by atoms with E-state index in [1.165, 1.54) is 38.5 Å². The van der Waals surface area contributed by atoms with E-state index >= 15 is 0 Å². The van der Waals surface area contributed by atoms with E-state index in [2.05, 4.69) is 20.9 Å². The third-order valence-electron chi connectivity index (χ3n) is 4.86. The highest BCUT2D eigenvalue weighted by Gasteiger charge is 2.26. The molecule has 0 aliphatic heterocycles. The number of pyridine rings is 1. The second-order valence-electron chi connectivity index (χ2n) is 7.34. The Morgan fingerprint density at radius 1 is 0.971 bits per heavy atom. The number of methoxy groups -OCH3 is 2. The molecular formula is C23H26N5O6S+. The van der Waals surface area contributed by atoms with Crippen molar-refractivity contribution >= 4 is 39.4 Å². The maximum Gasteiger partial charge on any atom is 0.290 e. The van der Waals surface area contributed by atoms with E-state index < -0.39 is 15.9 Å². The van der Waals surface area contributed by atoms with Gasteiger partial charge in [0.15, 0.2) is 18.1 Å². The van der Waals surface area contributed by atoms with Crippen molar-refractivity contribution < 1.29 is 32.0 Å². The topological polar surface area (TPSA) is 139 Å². The molecular weight excluding hydrogens is 474 g/mol. The normalized spacial score (nSPS) is 10.7. The number of hydrazine groups is 1. The zero-order valence-electron chi connectivity index (χ0n) is 19.4. The van der Waals surface area contributed by atoms with Crippen LogP contribution in [0.15, 0.2) is 65.8 Å². The first-order chi connectivity index (χ1) is 16.8. The number of nitrogens with zero attached hydrogens (tertiary/aromatic N) is 1. The smallest absolute Gasteiger partial charge is 0.290 e. The van der Waals surface area contributed by atoms with Crippen molar-refractivity contribution in [3.63, 3.8) is 0 Å². The molecule has 2 amide bonds. The molecule has 0 aliphatic rings. The van der Waals surface area contributed by atoms with E-state index in [0.29, 0.717) is 12.1 Å². The molecule has 35 heavy (non-hydrogen) atoms. The number of rotatable bonds is 11. The molecule has 4 N–H and O–H groups in total. The van der Waals surface area contributed by atoms with Gasteiger partial charge in [-0.1, -0.05) is 0 Å². The third kappa shape index (κ3) is 6.38. The van der Waals surface area contributed by atoms with Gasteiger partial charge < -0.3 is 14.8 Å². The Labute approximate surface area is 203 Å². The van der Waals surface area contributed by atoms with Crippen LogP contribution >= 0.6 is 0 Å². The van der Waals surface area contributed by atoms with Crippen molar-refractivity contribution in [3.8, 4) is 11.5 Å². The van der Waals surface area contributed by atoms with E-state index in [1.807, 2.05) is 19.1 Å². The fraction of sp³-hybridized carbons (Fsp3) is 0.174. The summed E-state index contributed by atoms with van der Waals surface area (Å²) in [6.07, 6.45) is 4.01. The minimum atomic E-state index is -4.11. The highest BCUT2D eigenvalue weighted by molar-refractivity contribution is 7.92. The summed E-state index contributed by atoms with van der Waals surface area (Å²) in [5.74, 6) is -0.237. The van der Waals surface area contributed by atoms with Gasteiger partial charge in [0.25, 0.3) is 15.9 Å². The van der Waals surface area contributed by atoms with Crippen LogP contribution in [0.1, 0.15) is 5.56 Å². The fourth-order valence-corrected chi connectivity index (χ4v) is 4.41. The predicted octanol–water partition coefficient (Wildman–Crippen LogP) is 1.81. The van der Waals surface area contributed by atoms with E-state index in [1.54, 1.807) is 29.1 Å². The molecule has 0 unspecified atom stereocenters. The molecule has 0 spiro atoms. The number of anilines is 3. The van der Waals surface area contributed by atoms with E-state index in [0.717, 1.165) is 5.56 Å². The summed E-state index contributed by atoms with van der Waals surface area (Å²) in [4.78, 5) is 22.9. The lowest BCUT2D eigenvalue weighted by molar-refractivity contribution is -0.684. The van der Waals surface area contributed by atoms with Crippen molar-refractivity contribution in [1.82, 2.24) is 5.43 Å². The number of sulfonamides is 1. The monoisotopic (exact) mass is 500 g/mol. The van der Waals surface area contributed by atoms with Crippen LogP contribution in [-0.4, -0.2) is 35.0 Å². The number of hydrogen-bond donors (Lipinski definition) is 4. The number of hydrogen-bond acceptors (Lipinski definition) is 7. The number of amides is 2. The molecule has 0 atom stereocenters. The van der Waals surface area contributed by atoms with Gasteiger partial charge in [-0.2, -0.15) is 4.57 Å². The second-order valence-corrected chi connectivity index (χ2v) is 8.99. The van der Waals surface area contributed by atoms with Gasteiger partial charge in [-0.3, -0.25) is 25.2 Å². The summed E-state index contributed by atoms with van der Waals surface area (Å²) in [6.45, 7) is 1.94. The van der Waals surface area contributed by atoms with E-state index in [9.17, 15) is 18.0 Å². The number of ether oxygens (including phenoxy) is 2. The largest absolute Gasteiger partial charge is 0.494 e. The van der Waals surface area contributed by atoms with Crippen molar-refractivity contribution in [1.29, 1.82) is 0 Å². The molecule has 0 saturated carbocycles. The van der Waals surface area contributed by atoms with Crippen molar-refractivity contribution in [2.45, 2.75) is 18.4 Å². The Bertz CT molecular complexity index is 1300. The molecule has 0 fully saturated rings. The Hall–Kier alpha value is -4.32. The third-order valence-corrected chi connectivity index (χ3v) is 6.26. The van der Waals surface area contributed by atoms with Gasteiger partial charge in [-0.05, 0) is 48.9 Å². The lowest BCUT2D eigenvalue weighted by Crippen LogP contribution is -2.39. The molecule has 12 heteroatoms. The summed E-state index contributed by atoms with van der Waals surface area (Å²) >= 11 is 0. The van der Waals surface area contributed by atoms with Crippen molar-refractivity contribution in [3.05, 3.63) is 66.5 Å². The number of benzene rings is 2. The minimum absolute atomic E-state index is 0.00115. The average Bonchev–Trinajstić information content (AvgIpc) is 2.84. The van der Waals surface area contributed by atoms with E-state index in [4.69, 9.17) is 9.47 Å².